The van der Waals surface area contributed by atoms with Crippen LogP contribution in [0.3, 0.4) is 0 Å². The first-order valence-corrected chi connectivity index (χ1v) is 7.85. The molecule has 1 heterocycles. The number of aromatic nitrogens is 1. The normalized spacial score (nSPS) is 15.4. The van der Waals surface area contributed by atoms with E-state index in [0.717, 1.165) is 6.42 Å². The van der Waals surface area contributed by atoms with Crippen molar-refractivity contribution in [1.82, 2.24) is 9.71 Å². The monoisotopic (exact) mass is 310 g/mol. The molecule has 1 aromatic heterocycles. The SMILES string of the molecule is CCC(C)C(C)NS(=O)(=O)c1cnc(Cl)c(Cl)c1. The van der Waals surface area contributed by atoms with E-state index in [-0.39, 0.29) is 27.0 Å². The van der Waals surface area contributed by atoms with Crippen LogP contribution in [0.5, 0.6) is 0 Å². The fourth-order valence-corrected chi connectivity index (χ4v) is 2.99. The molecule has 0 radical (unpaired) electrons. The van der Waals surface area contributed by atoms with Gasteiger partial charge < -0.3 is 0 Å². The zero-order valence-electron chi connectivity index (χ0n) is 10.4. The minimum atomic E-state index is -3.61. The van der Waals surface area contributed by atoms with E-state index in [1.807, 2.05) is 20.8 Å². The molecule has 0 amide bonds. The van der Waals surface area contributed by atoms with Crippen molar-refractivity contribution in [1.29, 1.82) is 0 Å². The molecule has 102 valence electrons. The lowest BCUT2D eigenvalue weighted by Gasteiger charge is -2.19. The van der Waals surface area contributed by atoms with Gasteiger partial charge in [0.05, 0.1) is 5.02 Å². The van der Waals surface area contributed by atoms with Crippen LogP contribution in [0.25, 0.3) is 0 Å². The van der Waals surface area contributed by atoms with Gasteiger partial charge >= 0.3 is 0 Å². The summed E-state index contributed by atoms with van der Waals surface area (Å²) < 4.78 is 26.7. The molecule has 1 aromatic rings. The quantitative estimate of drug-likeness (QED) is 0.850. The maximum absolute atomic E-state index is 12.1. The highest BCUT2D eigenvalue weighted by Crippen LogP contribution is 2.22. The summed E-state index contributed by atoms with van der Waals surface area (Å²) in [4.78, 5) is 3.75. The summed E-state index contributed by atoms with van der Waals surface area (Å²) in [6.45, 7) is 5.83. The summed E-state index contributed by atoms with van der Waals surface area (Å²) in [7, 11) is -3.61. The summed E-state index contributed by atoms with van der Waals surface area (Å²) >= 11 is 11.4. The average Bonchev–Trinajstić information content (AvgIpc) is 2.30. The van der Waals surface area contributed by atoms with Gasteiger partial charge in [0.2, 0.25) is 10.0 Å². The van der Waals surface area contributed by atoms with Crippen LogP contribution in [0.1, 0.15) is 27.2 Å². The van der Waals surface area contributed by atoms with Gasteiger partial charge in [-0.3, -0.25) is 0 Å². The Morgan fingerprint density at radius 1 is 1.39 bits per heavy atom. The van der Waals surface area contributed by atoms with Crippen LogP contribution in [0, 0.1) is 5.92 Å². The highest BCUT2D eigenvalue weighted by molar-refractivity contribution is 7.89. The molecule has 2 atom stereocenters. The molecular weight excluding hydrogens is 295 g/mol. The maximum atomic E-state index is 12.1. The molecule has 0 saturated heterocycles. The van der Waals surface area contributed by atoms with E-state index in [4.69, 9.17) is 23.2 Å². The van der Waals surface area contributed by atoms with Crippen molar-refractivity contribution in [3.05, 3.63) is 22.4 Å². The molecule has 4 nitrogen and oxygen atoms in total. The highest BCUT2D eigenvalue weighted by atomic mass is 35.5. The van der Waals surface area contributed by atoms with Crippen molar-refractivity contribution in [2.24, 2.45) is 5.92 Å². The second kappa shape index (κ2) is 6.19. The molecule has 7 heteroatoms. The van der Waals surface area contributed by atoms with E-state index in [0.29, 0.717) is 0 Å². The topological polar surface area (TPSA) is 59.1 Å². The molecule has 0 aliphatic carbocycles. The van der Waals surface area contributed by atoms with E-state index in [1.165, 1.54) is 12.3 Å². The molecule has 0 aliphatic rings. The molecule has 0 aliphatic heterocycles. The minimum Gasteiger partial charge on any atom is -0.242 e. The number of pyridine rings is 1. The Bertz CT molecular complexity index is 520. The maximum Gasteiger partial charge on any atom is 0.242 e. The molecule has 18 heavy (non-hydrogen) atoms. The van der Waals surface area contributed by atoms with Gasteiger partial charge in [0.1, 0.15) is 10.0 Å². The van der Waals surface area contributed by atoms with Gasteiger partial charge in [0.15, 0.2) is 0 Å². The fraction of sp³-hybridized carbons (Fsp3) is 0.545. The highest BCUT2D eigenvalue weighted by Gasteiger charge is 2.21. The van der Waals surface area contributed by atoms with Crippen molar-refractivity contribution in [2.75, 3.05) is 0 Å². The molecular formula is C11H16Cl2N2O2S. The lowest BCUT2D eigenvalue weighted by Crippen LogP contribution is -2.36. The van der Waals surface area contributed by atoms with Gasteiger partial charge in [0, 0.05) is 12.2 Å². The number of nitrogens with one attached hydrogen (secondary N) is 1. The predicted molar refractivity (Wildman–Crippen MR) is 73.5 cm³/mol. The largest absolute Gasteiger partial charge is 0.242 e. The molecule has 0 bridgehead atoms. The van der Waals surface area contributed by atoms with Crippen LogP contribution in [0.15, 0.2) is 17.2 Å². The zero-order valence-corrected chi connectivity index (χ0v) is 12.8. The van der Waals surface area contributed by atoms with Crippen molar-refractivity contribution in [3.8, 4) is 0 Å². The van der Waals surface area contributed by atoms with Crippen molar-refractivity contribution in [2.45, 2.75) is 38.1 Å². The summed E-state index contributed by atoms with van der Waals surface area (Å²) in [6.07, 6.45) is 2.09. The van der Waals surface area contributed by atoms with Gasteiger partial charge in [0.25, 0.3) is 0 Å². The lowest BCUT2D eigenvalue weighted by atomic mass is 10.0. The second-order valence-corrected chi connectivity index (χ2v) is 6.72. The third-order valence-corrected chi connectivity index (χ3v) is 5.13. The Morgan fingerprint density at radius 3 is 2.50 bits per heavy atom. The average molecular weight is 311 g/mol. The molecule has 0 spiro atoms. The van der Waals surface area contributed by atoms with Crippen LogP contribution in [0.4, 0.5) is 0 Å². The molecule has 0 aromatic carbocycles. The Hall–Kier alpha value is -0.360. The number of nitrogens with zero attached hydrogens (tertiary/aromatic N) is 1. The third-order valence-electron chi connectivity index (χ3n) is 2.92. The predicted octanol–water partition coefficient (Wildman–Crippen LogP) is 3.10. The third kappa shape index (κ3) is 3.82. The number of sulfonamides is 1. The molecule has 1 N–H and O–H groups in total. The van der Waals surface area contributed by atoms with Crippen LogP contribution in [-0.4, -0.2) is 19.4 Å². The van der Waals surface area contributed by atoms with Gasteiger partial charge in [-0.1, -0.05) is 43.5 Å². The number of halogens is 2. The first kappa shape index (κ1) is 15.7. The van der Waals surface area contributed by atoms with Crippen LogP contribution >= 0.6 is 23.2 Å². The summed E-state index contributed by atoms with van der Waals surface area (Å²) in [5.74, 6) is 0.246. The summed E-state index contributed by atoms with van der Waals surface area (Å²) in [5, 5.41) is 0.210. The molecule has 0 saturated carbocycles. The number of rotatable bonds is 5. The first-order valence-electron chi connectivity index (χ1n) is 5.61. The van der Waals surface area contributed by atoms with E-state index < -0.39 is 10.0 Å². The summed E-state index contributed by atoms with van der Waals surface area (Å²) in [5.41, 5.74) is 0. The smallest absolute Gasteiger partial charge is 0.242 e. The first-order chi connectivity index (χ1) is 8.27. The number of hydrogen-bond donors (Lipinski definition) is 1. The van der Waals surface area contributed by atoms with E-state index in [9.17, 15) is 8.42 Å². The number of hydrogen-bond acceptors (Lipinski definition) is 3. The van der Waals surface area contributed by atoms with Gasteiger partial charge in [-0.2, -0.15) is 0 Å². The van der Waals surface area contributed by atoms with Crippen molar-refractivity contribution < 1.29 is 8.42 Å². The van der Waals surface area contributed by atoms with E-state index >= 15 is 0 Å². The minimum absolute atomic E-state index is 0.0204. The van der Waals surface area contributed by atoms with Crippen LogP contribution in [0.2, 0.25) is 10.2 Å². The van der Waals surface area contributed by atoms with E-state index in [1.54, 1.807) is 0 Å². The van der Waals surface area contributed by atoms with Gasteiger partial charge in [-0.25, -0.2) is 18.1 Å². The molecule has 2 unspecified atom stereocenters. The molecule has 1 rings (SSSR count). The van der Waals surface area contributed by atoms with Crippen molar-refractivity contribution >= 4 is 33.2 Å². The van der Waals surface area contributed by atoms with Gasteiger partial charge in [-0.15, -0.1) is 0 Å². The van der Waals surface area contributed by atoms with Crippen LogP contribution in [-0.2, 0) is 10.0 Å². The zero-order chi connectivity index (χ0) is 13.9. The molecule has 0 fully saturated rings. The Labute approximate surface area is 118 Å². The Balaban J connectivity index is 2.96. The Kier molecular flexibility index (Phi) is 5.40. The van der Waals surface area contributed by atoms with E-state index in [2.05, 4.69) is 9.71 Å². The van der Waals surface area contributed by atoms with Crippen LogP contribution < -0.4 is 4.72 Å². The lowest BCUT2D eigenvalue weighted by molar-refractivity contribution is 0.434. The summed E-state index contributed by atoms with van der Waals surface area (Å²) in [6, 6.07) is 1.14. The van der Waals surface area contributed by atoms with Crippen molar-refractivity contribution in [3.63, 3.8) is 0 Å². The Morgan fingerprint density at radius 2 is 2.00 bits per heavy atom. The van der Waals surface area contributed by atoms with Gasteiger partial charge in [-0.05, 0) is 18.9 Å². The fourth-order valence-electron chi connectivity index (χ4n) is 1.33. The standard InChI is InChI=1S/C11H16Cl2N2O2S/c1-4-7(2)8(3)15-18(16,17)9-5-10(12)11(13)14-6-9/h5-8,15H,4H2,1-3H3. The second-order valence-electron chi connectivity index (χ2n) is 4.24.